The van der Waals surface area contributed by atoms with Crippen LogP contribution in [0.4, 0.5) is 11.6 Å². The Kier molecular flexibility index (Phi) is 5.95. The van der Waals surface area contributed by atoms with E-state index in [1.807, 2.05) is 13.3 Å². The molecule has 2 rings (SSSR count). The van der Waals surface area contributed by atoms with Crippen molar-refractivity contribution in [2.75, 3.05) is 36.6 Å². The predicted octanol–water partition coefficient (Wildman–Crippen LogP) is 3.65. The SMILES string of the molecule is CCCC1CCCN(c2cc(NC)nc(SC)n2)CC1. The van der Waals surface area contributed by atoms with Crippen LogP contribution in [0.3, 0.4) is 0 Å². The third-order valence-corrected chi connectivity index (χ3v) is 4.55. The van der Waals surface area contributed by atoms with Crippen molar-refractivity contribution in [3.05, 3.63) is 6.07 Å². The normalized spacial score (nSPS) is 19.8. The first kappa shape index (κ1) is 15.4. The highest BCUT2D eigenvalue weighted by Crippen LogP contribution is 2.26. The highest BCUT2D eigenvalue weighted by atomic mass is 32.2. The van der Waals surface area contributed by atoms with E-state index in [4.69, 9.17) is 0 Å². The monoisotopic (exact) mass is 294 g/mol. The van der Waals surface area contributed by atoms with Gasteiger partial charge in [0.15, 0.2) is 5.16 Å². The first-order valence-electron chi connectivity index (χ1n) is 7.62. The molecule has 1 saturated heterocycles. The van der Waals surface area contributed by atoms with E-state index in [2.05, 4.69) is 33.2 Å². The topological polar surface area (TPSA) is 41.0 Å². The van der Waals surface area contributed by atoms with Crippen molar-refractivity contribution in [3.8, 4) is 0 Å². The Morgan fingerprint density at radius 2 is 2.20 bits per heavy atom. The van der Waals surface area contributed by atoms with Crippen LogP contribution in [0.15, 0.2) is 11.2 Å². The molecule has 5 heteroatoms. The van der Waals surface area contributed by atoms with E-state index < -0.39 is 0 Å². The molecule has 2 heterocycles. The first-order valence-corrected chi connectivity index (χ1v) is 8.85. The Bertz CT molecular complexity index is 402. The lowest BCUT2D eigenvalue weighted by atomic mass is 9.96. The van der Waals surface area contributed by atoms with Crippen LogP contribution in [0.2, 0.25) is 0 Å². The van der Waals surface area contributed by atoms with Gasteiger partial charge in [-0.05, 0) is 31.4 Å². The molecule has 20 heavy (non-hydrogen) atoms. The van der Waals surface area contributed by atoms with Gasteiger partial charge in [-0.25, -0.2) is 9.97 Å². The van der Waals surface area contributed by atoms with Gasteiger partial charge in [-0.3, -0.25) is 0 Å². The number of nitrogens with one attached hydrogen (secondary N) is 1. The molecule has 4 nitrogen and oxygen atoms in total. The fraction of sp³-hybridized carbons (Fsp3) is 0.733. The first-order chi connectivity index (χ1) is 9.76. The molecule has 1 atom stereocenters. The standard InChI is InChI=1S/C15H26N4S/c1-4-6-12-7-5-9-19(10-8-12)14-11-13(16-2)17-15(18-14)20-3/h11-12H,4-10H2,1-3H3,(H,16,17,18). The van der Waals surface area contributed by atoms with Crippen molar-refractivity contribution in [2.24, 2.45) is 5.92 Å². The minimum Gasteiger partial charge on any atom is -0.373 e. The van der Waals surface area contributed by atoms with E-state index in [9.17, 15) is 0 Å². The average molecular weight is 294 g/mol. The Balaban J connectivity index is 2.10. The summed E-state index contributed by atoms with van der Waals surface area (Å²) in [4.78, 5) is 11.5. The van der Waals surface area contributed by atoms with Gasteiger partial charge in [0.1, 0.15) is 11.6 Å². The third-order valence-electron chi connectivity index (χ3n) is 4.00. The molecule has 0 aromatic carbocycles. The zero-order chi connectivity index (χ0) is 14.4. The molecule has 0 radical (unpaired) electrons. The molecule has 0 bridgehead atoms. The average Bonchev–Trinajstić information content (AvgIpc) is 2.73. The molecule has 0 amide bonds. The maximum Gasteiger partial charge on any atom is 0.191 e. The summed E-state index contributed by atoms with van der Waals surface area (Å²) in [5, 5.41) is 3.98. The minimum atomic E-state index is 0.848. The molecule has 0 aliphatic carbocycles. The molecule has 1 aliphatic heterocycles. The number of anilines is 2. The van der Waals surface area contributed by atoms with Crippen LogP contribution < -0.4 is 10.2 Å². The summed E-state index contributed by atoms with van der Waals surface area (Å²) in [5.74, 6) is 2.88. The highest BCUT2D eigenvalue weighted by Gasteiger charge is 2.18. The third kappa shape index (κ3) is 4.01. The summed E-state index contributed by atoms with van der Waals surface area (Å²) in [6, 6.07) is 2.07. The highest BCUT2D eigenvalue weighted by molar-refractivity contribution is 7.98. The van der Waals surface area contributed by atoms with Crippen molar-refractivity contribution in [1.82, 2.24) is 9.97 Å². The lowest BCUT2D eigenvalue weighted by Crippen LogP contribution is -2.25. The van der Waals surface area contributed by atoms with E-state index in [1.165, 1.54) is 32.1 Å². The summed E-state index contributed by atoms with van der Waals surface area (Å²) < 4.78 is 0. The molecule has 0 saturated carbocycles. The van der Waals surface area contributed by atoms with E-state index in [-0.39, 0.29) is 0 Å². The lowest BCUT2D eigenvalue weighted by Gasteiger charge is -2.22. The fourth-order valence-electron chi connectivity index (χ4n) is 2.89. The molecule has 1 unspecified atom stereocenters. The second kappa shape index (κ2) is 7.72. The largest absolute Gasteiger partial charge is 0.373 e. The molecule has 1 aliphatic rings. The van der Waals surface area contributed by atoms with Crippen LogP contribution in [-0.2, 0) is 0 Å². The minimum absolute atomic E-state index is 0.848. The second-order valence-electron chi connectivity index (χ2n) is 5.42. The number of nitrogens with zero attached hydrogens (tertiary/aromatic N) is 3. The smallest absolute Gasteiger partial charge is 0.191 e. The van der Waals surface area contributed by atoms with E-state index in [1.54, 1.807) is 11.8 Å². The fourth-order valence-corrected chi connectivity index (χ4v) is 3.26. The van der Waals surface area contributed by atoms with Gasteiger partial charge in [-0.1, -0.05) is 31.5 Å². The second-order valence-corrected chi connectivity index (χ2v) is 6.19. The van der Waals surface area contributed by atoms with Crippen LogP contribution in [0.5, 0.6) is 0 Å². The maximum absolute atomic E-state index is 4.67. The molecule has 112 valence electrons. The Morgan fingerprint density at radius 3 is 2.90 bits per heavy atom. The van der Waals surface area contributed by atoms with Crippen molar-refractivity contribution in [3.63, 3.8) is 0 Å². The molecule has 0 spiro atoms. The Labute approximate surface area is 126 Å². The van der Waals surface area contributed by atoms with Crippen LogP contribution in [0.1, 0.15) is 39.0 Å². The number of rotatable bonds is 5. The zero-order valence-electron chi connectivity index (χ0n) is 12.9. The van der Waals surface area contributed by atoms with Gasteiger partial charge in [0.05, 0.1) is 0 Å². The van der Waals surface area contributed by atoms with Crippen LogP contribution in [0.25, 0.3) is 0 Å². The number of hydrogen-bond donors (Lipinski definition) is 1. The molecular formula is C15H26N4S. The number of aromatic nitrogens is 2. The lowest BCUT2D eigenvalue weighted by molar-refractivity contribution is 0.435. The number of hydrogen-bond acceptors (Lipinski definition) is 5. The van der Waals surface area contributed by atoms with Gasteiger partial charge in [0.25, 0.3) is 0 Å². The van der Waals surface area contributed by atoms with Crippen molar-refractivity contribution in [1.29, 1.82) is 0 Å². The van der Waals surface area contributed by atoms with Crippen LogP contribution in [0, 0.1) is 5.92 Å². The van der Waals surface area contributed by atoms with Crippen molar-refractivity contribution >= 4 is 23.4 Å². The molecule has 1 aromatic heterocycles. The zero-order valence-corrected chi connectivity index (χ0v) is 13.7. The van der Waals surface area contributed by atoms with Gasteiger partial charge in [-0.2, -0.15) is 0 Å². The van der Waals surface area contributed by atoms with Crippen LogP contribution in [-0.4, -0.2) is 36.4 Å². The molecule has 1 aromatic rings. The van der Waals surface area contributed by atoms with E-state index in [0.717, 1.165) is 35.8 Å². The predicted molar refractivity (Wildman–Crippen MR) is 87.8 cm³/mol. The van der Waals surface area contributed by atoms with Crippen LogP contribution >= 0.6 is 11.8 Å². The van der Waals surface area contributed by atoms with Crippen molar-refractivity contribution < 1.29 is 0 Å². The van der Waals surface area contributed by atoms with E-state index >= 15 is 0 Å². The maximum atomic E-state index is 4.67. The molecular weight excluding hydrogens is 268 g/mol. The summed E-state index contributed by atoms with van der Waals surface area (Å²) >= 11 is 1.60. The summed E-state index contributed by atoms with van der Waals surface area (Å²) in [5.41, 5.74) is 0. The van der Waals surface area contributed by atoms with Gasteiger partial charge >= 0.3 is 0 Å². The van der Waals surface area contributed by atoms with Gasteiger partial charge in [0.2, 0.25) is 0 Å². The van der Waals surface area contributed by atoms with E-state index in [0.29, 0.717) is 0 Å². The van der Waals surface area contributed by atoms with Gasteiger partial charge in [-0.15, -0.1) is 0 Å². The van der Waals surface area contributed by atoms with Crippen molar-refractivity contribution in [2.45, 2.75) is 44.2 Å². The summed E-state index contributed by atoms with van der Waals surface area (Å²) in [7, 11) is 1.91. The molecule has 1 N–H and O–H groups in total. The molecule has 1 fully saturated rings. The Hall–Kier alpha value is -0.970. The summed E-state index contributed by atoms with van der Waals surface area (Å²) in [6.45, 7) is 4.53. The number of thioether (sulfide) groups is 1. The summed E-state index contributed by atoms with van der Waals surface area (Å²) in [6.07, 6.45) is 8.63. The quantitative estimate of drug-likeness (QED) is 0.663. The Morgan fingerprint density at radius 1 is 1.35 bits per heavy atom. The van der Waals surface area contributed by atoms with Gasteiger partial charge < -0.3 is 10.2 Å². The van der Waals surface area contributed by atoms with Gasteiger partial charge in [0, 0.05) is 26.2 Å².